The lowest BCUT2D eigenvalue weighted by atomic mass is 9.95. The van der Waals surface area contributed by atoms with Gasteiger partial charge in [0.1, 0.15) is 0 Å². The highest BCUT2D eigenvalue weighted by Gasteiger charge is 2.25. The lowest BCUT2D eigenvalue weighted by Crippen LogP contribution is -2.37. The molecule has 0 unspecified atom stereocenters. The van der Waals surface area contributed by atoms with Crippen molar-refractivity contribution in [2.45, 2.75) is 19.4 Å². The largest absolute Gasteiger partial charge is 0.454 e. The van der Waals surface area contributed by atoms with Gasteiger partial charge in [-0.25, -0.2) is 0 Å². The summed E-state index contributed by atoms with van der Waals surface area (Å²) < 4.78 is 10.7. The standard InChI is InChI=1S/C20H22N2O3/c23-20(21-17-6-7-18-19(12-17)25-14-24-18)16-8-10-22(11-9-16)13-15-4-2-1-3-5-15/h1-7,12,16H,8-11,13-14H2,(H,21,23). The summed E-state index contributed by atoms with van der Waals surface area (Å²) in [6.45, 7) is 3.10. The first-order chi connectivity index (χ1) is 12.3. The first-order valence-corrected chi connectivity index (χ1v) is 8.75. The van der Waals surface area contributed by atoms with Crippen molar-refractivity contribution in [3.8, 4) is 11.5 Å². The van der Waals surface area contributed by atoms with E-state index in [0.717, 1.165) is 43.9 Å². The van der Waals surface area contributed by atoms with Gasteiger partial charge in [-0.15, -0.1) is 0 Å². The number of rotatable bonds is 4. The maximum atomic E-state index is 12.5. The minimum Gasteiger partial charge on any atom is -0.454 e. The summed E-state index contributed by atoms with van der Waals surface area (Å²) >= 11 is 0. The molecule has 1 N–H and O–H groups in total. The highest BCUT2D eigenvalue weighted by atomic mass is 16.7. The molecule has 0 aromatic heterocycles. The number of amides is 1. The Balaban J connectivity index is 1.29. The number of hydrogen-bond donors (Lipinski definition) is 1. The molecule has 0 atom stereocenters. The van der Waals surface area contributed by atoms with Crippen LogP contribution in [0.15, 0.2) is 48.5 Å². The normalized spacial score (nSPS) is 17.4. The SMILES string of the molecule is O=C(Nc1ccc2c(c1)OCO2)C1CCN(Cc2ccccc2)CC1. The molecular weight excluding hydrogens is 316 g/mol. The minimum absolute atomic E-state index is 0.0671. The van der Waals surface area contributed by atoms with Crippen molar-refractivity contribution in [2.24, 2.45) is 5.92 Å². The van der Waals surface area contributed by atoms with Gasteiger partial charge in [-0.2, -0.15) is 0 Å². The second kappa shape index (κ2) is 7.15. The molecular formula is C20H22N2O3. The summed E-state index contributed by atoms with van der Waals surface area (Å²) in [6.07, 6.45) is 1.78. The minimum atomic E-state index is 0.0671. The number of benzene rings is 2. The van der Waals surface area contributed by atoms with Gasteiger partial charge in [-0.3, -0.25) is 9.69 Å². The van der Waals surface area contributed by atoms with Gasteiger partial charge in [0.2, 0.25) is 12.7 Å². The fraction of sp³-hybridized carbons (Fsp3) is 0.350. The van der Waals surface area contributed by atoms with Crippen LogP contribution >= 0.6 is 0 Å². The van der Waals surface area contributed by atoms with Crippen LogP contribution in [0.4, 0.5) is 5.69 Å². The van der Waals surface area contributed by atoms with Crippen molar-refractivity contribution in [3.63, 3.8) is 0 Å². The Hall–Kier alpha value is -2.53. The Morgan fingerprint density at radius 3 is 2.60 bits per heavy atom. The second-order valence-electron chi connectivity index (χ2n) is 6.59. The zero-order chi connectivity index (χ0) is 17.1. The van der Waals surface area contributed by atoms with E-state index < -0.39 is 0 Å². The zero-order valence-corrected chi connectivity index (χ0v) is 14.1. The van der Waals surface area contributed by atoms with Crippen molar-refractivity contribution in [3.05, 3.63) is 54.1 Å². The van der Waals surface area contributed by atoms with E-state index in [1.807, 2.05) is 24.3 Å². The van der Waals surface area contributed by atoms with Crippen LogP contribution in [0.25, 0.3) is 0 Å². The van der Waals surface area contributed by atoms with Gasteiger partial charge in [0.15, 0.2) is 11.5 Å². The fourth-order valence-corrected chi connectivity index (χ4v) is 3.41. The first kappa shape index (κ1) is 16.0. The van der Waals surface area contributed by atoms with E-state index in [9.17, 15) is 4.79 Å². The van der Waals surface area contributed by atoms with E-state index in [2.05, 4.69) is 34.5 Å². The number of anilines is 1. The molecule has 0 radical (unpaired) electrons. The van der Waals surface area contributed by atoms with Crippen molar-refractivity contribution in [1.82, 2.24) is 4.90 Å². The Morgan fingerprint density at radius 1 is 1.04 bits per heavy atom. The summed E-state index contributed by atoms with van der Waals surface area (Å²) in [5.74, 6) is 1.58. The summed E-state index contributed by atoms with van der Waals surface area (Å²) in [5.41, 5.74) is 2.09. The Morgan fingerprint density at radius 2 is 1.80 bits per heavy atom. The van der Waals surface area contributed by atoms with Gasteiger partial charge in [0.05, 0.1) is 0 Å². The molecule has 0 aliphatic carbocycles. The molecule has 1 saturated heterocycles. The van der Waals surface area contributed by atoms with Crippen LogP contribution in [-0.2, 0) is 11.3 Å². The van der Waals surface area contributed by atoms with E-state index >= 15 is 0 Å². The molecule has 0 bridgehead atoms. The molecule has 2 aromatic carbocycles. The number of likely N-dealkylation sites (tertiary alicyclic amines) is 1. The number of nitrogens with zero attached hydrogens (tertiary/aromatic N) is 1. The van der Waals surface area contributed by atoms with E-state index in [1.165, 1.54) is 5.56 Å². The fourth-order valence-electron chi connectivity index (χ4n) is 3.41. The van der Waals surface area contributed by atoms with Crippen LogP contribution in [0.1, 0.15) is 18.4 Å². The number of hydrogen-bond acceptors (Lipinski definition) is 4. The predicted octanol–water partition coefficient (Wildman–Crippen LogP) is 3.27. The third kappa shape index (κ3) is 3.77. The number of piperidine rings is 1. The van der Waals surface area contributed by atoms with Crippen LogP contribution in [0.3, 0.4) is 0 Å². The van der Waals surface area contributed by atoms with Crippen LogP contribution in [-0.4, -0.2) is 30.7 Å². The average molecular weight is 338 g/mol. The summed E-state index contributed by atoms with van der Waals surface area (Å²) in [5, 5.41) is 3.01. The molecule has 5 heteroatoms. The van der Waals surface area contributed by atoms with Crippen LogP contribution in [0.2, 0.25) is 0 Å². The van der Waals surface area contributed by atoms with E-state index in [4.69, 9.17) is 9.47 Å². The number of ether oxygens (including phenoxy) is 2. The molecule has 2 aliphatic heterocycles. The maximum absolute atomic E-state index is 12.5. The van der Waals surface area contributed by atoms with Crippen LogP contribution in [0.5, 0.6) is 11.5 Å². The third-order valence-corrected chi connectivity index (χ3v) is 4.85. The number of carbonyl (C=O) groups excluding carboxylic acids is 1. The first-order valence-electron chi connectivity index (χ1n) is 8.75. The molecule has 2 aromatic rings. The van der Waals surface area contributed by atoms with Crippen LogP contribution in [0, 0.1) is 5.92 Å². The van der Waals surface area contributed by atoms with E-state index in [1.54, 1.807) is 0 Å². The number of nitrogens with one attached hydrogen (secondary N) is 1. The molecule has 0 saturated carbocycles. The molecule has 0 spiro atoms. The number of fused-ring (bicyclic) bond motifs is 1. The molecule has 2 heterocycles. The van der Waals surface area contributed by atoms with E-state index in [-0.39, 0.29) is 18.6 Å². The maximum Gasteiger partial charge on any atom is 0.231 e. The Kier molecular flexibility index (Phi) is 4.57. The monoisotopic (exact) mass is 338 g/mol. The summed E-state index contributed by atoms with van der Waals surface area (Å²) in [7, 11) is 0. The molecule has 1 fully saturated rings. The molecule has 4 rings (SSSR count). The van der Waals surface area contributed by atoms with Crippen molar-refractivity contribution in [1.29, 1.82) is 0 Å². The van der Waals surface area contributed by atoms with Gasteiger partial charge in [0.25, 0.3) is 0 Å². The van der Waals surface area contributed by atoms with Gasteiger partial charge in [-0.05, 0) is 43.6 Å². The highest BCUT2D eigenvalue weighted by Crippen LogP contribution is 2.34. The predicted molar refractivity (Wildman–Crippen MR) is 95.6 cm³/mol. The zero-order valence-electron chi connectivity index (χ0n) is 14.1. The lowest BCUT2D eigenvalue weighted by molar-refractivity contribution is -0.121. The van der Waals surface area contributed by atoms with Gasteiger partial charge >= 0.3 is 0 Å². The van der Waals surface area contributed by atoms with Crippen molar-refractivity contribution in [2.75, 3.05) is 25.2 Å². The van der Waals surface area contributed by atoms with Crippen molar-refractivity contribution >= 4 is 11.6 Å². The smallest absolute Gasteiger partial charge is 0.231 e. The quantitative estimate of drug-likeness (QED) is 0.930. The van der Waals surface area contributed by atoms with Gasteiger partial charge < -0.3 is 14.8 Å². The third-order valence-electron chi connectivity index (χ3n) is 4.85. The average Bonchev–Trinajstić information content (AvgIpc) is 3.11. The Labute approximate surface area is 147 Å². The topological polar surface area (TPSA) is 50.8 Å². The van der Waals surface area contributed by atoms with E-state index in [0.29, 0.717) is 5.75 Å². The molecule has 5 nitrogen and oxygen atoms in total. The summed E-state index contributed by atoms with van der Waals surface area (Å²) in [4.78, 5) is 14.9. The second-order valence-corrected chi connectivity index (χ2v) is 6.59. The Bertz CT molecular complexity index is 740. The molecule has 130 valence electrons. The summed E-state index contributed by atoms with van der Waals surface area (Å²) in [6, 6.07) is 16.0. The highest BCUT2D eigenvalue weighted by molar-refractivity contribution is 5.93. The molecule has 1 amide bonds. The van der Waals surface area contributed by atoms with Gasteiger partial charge in [0, 0.05) is 24.2 Å². The van der Waals surface area contributed by atoms with Gasteiger partial charge in [-0.1, -0.05) is 30.3 Å². The van der Waals surface area contributed by atoms with Crippen LogP contribution < -0.4 is 14.8 Å². The number of carbonyl (C=O) groups is 1. The molecule has 2 aliphatic rings. The van der Waals surface area contributed by atoms with Crippen molar-refractivity contribution < 1.29 is 14.3 Å². The molecule has 25 heavy (non-hydrogen) atoms. The lowest BCUT2D eigenvalue weighted by Gasteiger charge is -2.31.